The van der Waals surface area contributed by atoms with Gasteiger partial charge in [-0.15, -0.1) is 11.3 Å². The van der Waals surface area contributed by atoms with Gasteiger partial charge in [-0.25, -0.2) is 9.78 Å². The molecule has 2 aromatic rings. The fourth-order valence-corrected chi connectivity index (χ4v) is 4.04. The molecule has 0 spiro atoms. The van der Waals surface area contributed by atoms with Crippen LogP contribution in [-0.2, 0) is 27.3 Å². The second kappa shape index (κ2) is 7.47. The molecule has 0 atom stereocenters. The van der Waals surface area contributed by atoms with Gasteiger partial charge in [0.25, 0.3) is 11.5 Å². The highest BCUT2D eigenvalue weighted by Gasteiger charge is 2.24. The fourth-order valence-electron chi connectivity index (χ4n) is 2.96. The van der Waals surface area contributed by atoms with Crippen LogP contribution in [0.25, 0.3) is 10.2 Å². The van der Waals surface area contributed by atoms with Crippen LogP contribution < -0.4 is 10.9 Å². The van der Waals surface area contributed by atoms with E-state index in [1.807, 2.05) is 0 Å². The van der Waals surface area contributed by atoms with E-state index in [-0.39, 0.29) is 22.9 Å². The summed E-state index contributed by atoms with van der Waals surface area (Å²) in [6.07, 6.45) is 1.63. The molecule has 3 heterocycles. The highest BCUT2D eigenvalue weighted by atomic mass is 32.1. The molecule has 0 bridgehead atoms. The summed E-state index contributed by atoms with van der Waals surface area (Å²) in [6.45, 7) is 1.71. The molecule has 2 amide bonds. The first-order chi connectivity index (χ1) is 12.8. The predicted molar refractivity (Wildman–Crippen MR) is 98.9 cm³/mol. The first kappa shape index (κ1) is 19.0. The van der Waals surface area contributed by atoms with Gasteiger partial charge in [-0.05, 0) is 18.9 Å². The van der Waals surface area contributed by atoms with E-state index >= 15 is 0 Å². The molecule has 1 N–H and O–H groups in total. The molecule has 0 radical (unpaired) electrons. The van der Waals surface area contributed by atoms with Crippen LogP contribution in [0.1, 0.15) is 27.5 Å². The summed E-state index contributed by atoms with van der Waals surface area (Å²) >= 11 is 1.10. The van der Waals surface area contributed by atoms with Crippen molar-refractivity contribution in [2.45, 2.75) is 26.3 Å². The third kappa shape index (κ3) is 3.57. The smallest absolute Gasteiger partial charge is 0.349 e. The molecule has 0 fully saturated rings. The Labute approximate surface area is 158 Å². The average molecular weight is 392 g/mol. The van der Waals surface area contributed by atoms with Crippen LogP contribution in [0, 0.1) is 6.92 Å². The molecule has 144 valence electrons. The number of aryl methyl sites for hydroxylation is 2. The highest BCUT2D eigenvalue weighted by molar-refractivity contribution is 7.20. The standard InChI is InChI=1S/C17H20N4O5S/c1-9-13-15(19-10-5-4-6-21(10)16(13)24)27-14(9)17(25)26-8-12(23)20(3)7-11(22)18-2/h4-8H2,1-3H3,(H,18,22). The van der Waals surface area contributed by atoms with Gasteiger partial charge in [-0.1, -0.05) is 0 Å². The van der Waals surface area contributed by atoms with E-state index in [4.69, 9.17) is 4.74 Å². The molecule has 9 nitrogen and oxygen atoms in total. The number of ether oxygens (including phenoxy) is 1. The molecule has 1 aliphatic rings. The quantitative estimate of drug-likeness (QED) is 0.721. The molecule has 3 rings (SSSR count). The average Bonchev–Trinajstić information content (AvgIpc) is 3.24. The Morgan fingerprint density at radius 1 is 1.37 bits per heavy atom. The van der Waals surface area contributed by atoms with Crippen molar-refractivity contribution in [1.82, 2.24) is 19.8 Å². The first-order valence-corrected chi connectivity index (χ1v) is 9.29. The van der Waals surface area contributed by atoms with Crippen molar-refractivity contribution in [3.63, 3.8) is 0 Å². The Morgan fingerprint density at radius 2 is 2.11 bits per heavy atom. The molecule has 0 aromatic carbocycles. The van der Waals surface area contributed by atoms with Gasteiger partial charge < -0.3 is 15.0 Å². The molecule has 0 saturated carbocycles. The van der Waals surface area contributed by atoms with Crippen molar-refractivity contribution in [1.29, 1.82) is 0 Å². The lowest BCUT2D eigenvalue weighted by atomic mass is 10.2. The van der Waals surface area contributed by atoms with E-state index in [0.29, 0.717) is 22.3 Å². The van der Waals surface area contributed by atoms with E-state index in [1.165, 1.54) is 19.0 Å². The van der Waals surface area contributed by atoms with E-state index in [0.717, 1.165) is 30.0 Å². The van der Waals surface area contributed by atoms with Gasteiger partial charge in [-0.2, -0.15) is 0 Å². The summed E-state index contributed by atoms with van der Waals surface area (Å²) in [6, 6.07) is 0. The topological polar surface area (TPSA) is 111 Å². The molecular weight excluding hydrogens is 372 g/mol. The number of likely N-dealkylation sites (N-methyl/N-ethyl adjacent to an activating group) is 2. The summed E-state index contributed by atoms with van der Waals surface area (Å²) in [5.74, 6) is -0.763. The van der Waals surface area contributed by atoms with Gasteiger partial charge in [-0.3, -0.25) is 19.0 Å². The maximum absolute atomic E-state index is 12.6. The molecule has 0 aliphatic carbocycles. The monoisotopic (exact) mass is 392 g/mol. The summed E-state index contributed by atoms with van der Waals surface area (Å²) in [5, 5.41) is 2.84. The Bertz CT molecular complexity index is 993. The number of carbonyl (C=O) groups excluding carboxylic acids is 3. The van der Waals surface area contributed by atoms with Crippen molar-refractivity contribution in [2.75, 3.05) is 27.2 Å². The maximum Gasteiger partial charge on any atom is 0.349 e. The van der Waals surface area contributed by atoms with Crippen molar-refractivity contribution >= 4 is 39.3 Å². The summed E-state index contributed by atoms with van der Waals surface area (Å²) < 4.78 is 6.74. The number of aromatic nitrogens is 2. The van der Waals surface area contributed by atoms with Crippen LogP contribution in [0.15, 0.2) is 4.79 Å². The SMILES string of the molecule is CNC(=O)CN(C)C(=O)COC(=O)c1sc2nc3n(c(=O)c2c1C)CCC3. The minimum atomic E-state index is -0.679. The zero-order valence-electron chi connectivity index (χ0n) is 15.3. The van der Waals surface area contributed by atoms with Crippen LogP contribution >= 0.6 is 11.3 Å². The van der Waals surface area contributed by atoms with Crippen molar-refractivity contribution < 1.29 is 19.1 Å². The highest BCUT2D eigenvalue weighted by Crippen LogP contribution is 2.29. The number of nitrogens with one attached hydrogen (secondary N) is 1. The van der Waals surface area contributed by atoms with Crippen LogP contribution in [0.4, 0.5) is 0 Å². The lowest BCUT2D eigenvalue weighted by Gasteiger charge is -2.15. The number of thiophene rings is 1. The van der Waals surface area contributed by atoms with Crippen molar-refractivity contribution in [3.05, 3.63) is 26.6 Å². The van der Waals surface area contributed by atoms with Gasteiger partial charge in [0.05, 0.1) is 11.9 Å². The van der Waals surface area contributed by atoms with Crippen LogP contribution in [0.3, 0.4) is 0 Å². The number of amides is 2. The minimum absolute atomic E-state index is 0.124. The first-order valence-electron chi connectivity index (χ1n) is 8.48. The van der Waals surface area contributed by atoms with E-state index < -0.39 is 18.5 Å². The van der Waals surface area contributed by atoms with Crippen molar-refractivity contribution in [2.24, 2.45) is 0 Å². The number of nitrogens with zero attached hydrogens (tertiary/aromatic N) is 3. The zero-order chi connectivity index (χ0) is 19.7. The number of fused-ring (bicyclic) bond motifs is 2. The Kier molecular flexibility index (Phi) is 5.26. The van der Waals surface area contributed by atoms with Crippen LogP contribution in [0.2, 0.25) is 0 Å². The molecule has 0 saturated heterocycles. The normalized spacial score (nSPS) is 12.7. The molecule has 10 heteroatoms. The van der Waals surface area contributed by atoms with Gasteiger partial charge in [0.1, 0.15) is 15.5 Å². The maximum atomic E-state index is 12.6. The number of hydrogen-bond acceptors (Lipinski definition) is 7. The van der Waals surface area contributed by atoms with Gasteiger partial charge in [0.15, 0.2) is 6.61 Å². The second-order valence-corrected chi connectivity index (χ2v) is 7.32. The zero-order valence-corrected chi connectivity index (χ0v) is 16.1. The van der Waals surface area contributed by atoms with E-state index in [2.05, 4.69) is 10.3 Å². The second-order valence-electron chi connectivity index (χ2n) is 6.32. The van der Waals surface area contributed by atoms with E-state index in [1.54, 1.807) is 11.5 Å². The summed E-state index contributed by atoms with van der Waals surface area (Å²) in [7, 11) is 2.92. The predicted octanol–water partition coefficient (Wildman–Crippen LogP) is 0.0738. The Morgan fingerprint density at radius 3 is 2.81 bits per heavy atom. The minimum Gasteiger partial charge on any atom is -0.451 e. The number of hydrogen-bond donors (Lipinski definition) is 1. The summed E-state index contributed by atoms with van der Waals surface area (Å²) in [5.41, 5.74) is 0.382. The third-order valence-electron chi connectivity index (χ3n) is 4.51. The molecule has 0 unspecified atom stereocenters. The van der Waals surface area contributed by atoms with Crippen LogP contribution in [0.5, 0.6) is 0 Å². The Hall–Kier alpha value is -2.75. The molecule has 1 aliphatic heterocycles. The Balaban J connectivity index is 1.76. The number of carbonyl (C=O) groups is 3. The number of rotatable bonds is 5. The number of esters is 1. The fraction of sp³-hybridized carbons (Fsp3) is 0.471. The lowest BCUT2D eigenvalue weighted by Crippen LogP contribution is -2.39. The molecule has 27 heavy (non-hydrogen) atoms. The molecule has 2 aromatic heterocycles. The largest absolute Gasteiger partial charge is 0.451 e. The van der Waals surface area contributed by atoms with E-state index in [9.17, 15) is 19.2 Å². The van der Waals surface area contributed by atoms with Gasteiger partial charge >= 0.3 is 5.97 Å². The van der Waals surface area contributed by atoms with Gasteiger partial charge in [0.2, 0.25) is 5.91 Å². The summed E-state index contributed by atoms with van der Waals surface area (Å²) in [4.78, 5) is 54.8. The lowest BCUT2D eigenvalue weighted by molar-refractivity contribution is -0.137. The van der Waals surface area contributed by atoms with Crippen LogP contribution in [-0.4, -0.2) is 59.5 Å². The van der Waals surface area contributed by atoms with Gasteiger partial charge in [0, 0.05) is 27.1 Å². The molecular formula is C17H20N4O5S. The van der Waals surface area contributed by atoms with Crippen molar-refractivity contribution in [3.8, 4) is 0 Å². The third-order valence-corrected chi connectivity index (χ3v) is 5.67.